The van der Waals surface area contributed by atoms with E-state index in [0.29, 0.717) is 28.9 Å². The molecule has 0 atom stereocenters. The Morgan fingerprint density at radius 3 is 2.35 bits per heavy atom. The highest BCUT2D eigenvalue weighted by atomic mass is 127. The van der Waals surface area contributed by atoms with Gasteiger partial charge in [-0.25, -0.2) is 9.79 Å². The number of nitrogens with zero attached hydrogens (tertiary/aromatic N) is 2. The van der Waals surface area contributed by atoms with Gasteiger partial charge in [-0.1, -0.05) is 24.3 Å². The van der Waals surface area contributed by atoms with Crippen LogP contribution >= 0.6 is 34.4 Å². The van der Waals surface area contributed by atoms with Crippen LogP contribution in [0.15, 0.2) is 82.7 Å². The van der Waals surface area contributed by atoms with E-state index >= 15 is 0 Å². The fourth-order valence-corrected chi connectivity index (χ4v) is 4.64. The SMILES string of the molecule is CCN1C(=O)/C(=C/c2ccc(OCc3ccc(I)cc3)cc2)SC1=Nc1ccc(C(=O)O)cc1. The van der Waals surface area contributed by atoms with Gasteiger partial charge in [0.2, 0.25) is 0 Å². The second-order valence-electron chi connectivity index (χ2n) is 7.39. The topological polar surface area (TPSA) is 79.2 Å². The highest BCUT2D eigenvalue weighted by molar-refractivity contribution is 14.1. The quantitative estimate of drug-likeness (QED) is 0.265. The number of hydrogen-bond donors (Lipinski definition) is 1. The molecule has 0 spiro atoms. The smallest absolute Gasteiger partial charge is 0.335 e. The predicted molar refractivity (Wildman–Crippen MR) is 143 cm³/mol. The minimum atomic E-state index is -0.990. The van der Waals surface area contributed by atoms with Crippen LogP contribution in [0.2, 0.25) is 0 Å². The number of aliphatic imine (C=N–C) groups is 1. The van der Waals surface area contributed by atoms with E-state index in [0.717, 1.165) is 16.9 Å². The first-order chi connectivity index (χ1) is 16.4. The van der Waals surface area contributed by atoms with Crippen molar-refractivity contribution in [3.63, 3.8) is 0 Å². The minimum absolute atomic E-state index is 0.104. The maximum Gasteiger partial charge on any atom is 0.335 e. The van der Waals surface area contributed by atoms with Crippen LogP contribution in [0.4, 0.5) is 5.69 Å². The lowest BCUT2D eigenvalue weighted by Crippen LogP contribution is -2.28. The molecule has 1 aliphatic heterocycles. The molecule has 3 aromatic rings. The van der Waals surface area contributed by atoms with Gasteiger partial charge in [-0.3, -0.25) is 9.69 Å². The van der Waals surface area contributed by atoms with E-state index in [4.69, 9.17) is 9.84 Å². The summed E-state index contributed by atoms with van der Waals surface area (Å²) in [7, 11) is 0. The number of thioether (sulfide) groups is 1. The molecule has 4 rings (SSSR count). The number of carboxylic acid groups (broad SMARTS) is 1. The van der Waals surface area contributed by atoms with Crippen molar-refractivity contribution in [2.45, 2.75) is 13.5 Å². The van der Waals surface area contributed by atoms with E-state index < -0.39 is 5.97 Å². The van der Waals surface area contributed by atoms with Gasteiger partial charge in [-0.15, -0.1) is 0 Å². The third kappa shape index (κ3) is 5.87. The molecule has 8 heteroatoms. The van der Waals surface area contributed by atoms with E-state index in [1.807, 2.05) is 61.5 Å². The van der Waals surface area contributed by atoms with Crippen molar-refractivity contribution in [3.8, 4) is 5.75 Å². The van der Waals surface area contributed by atoms with Crippen LogP contribution in [0.5, 0.6) is 5.75 Å². The number of carboxylic acids is 1. The molecule has 1 saturated heterocycles. The average molecular weight is 584 g/mol. The second kappa shape index (κ2) is 10.9. The summed E-state index contributed by atoms with van der Waals surface area (Å²) < 4.78 is 7.04. The fraction of sp³-hybridized carbons (Fsp3) is 0.115. The summed E-state index contributed by atoms with van der Waals surface area (Å²) in [4.78, 5) is 30.7. The summed E-state index contributed by atoms with van der Waals surface area (Å²) >= 11 is 3.58. The van der Waals surface area contributed by atoms with E-state index in [1.165, 1.54) is 27.5 Å². The molecule has 0 saturated carbocycles. The molecule has 0 aliphatic carbocycles. The van der Waals surface area contributed by atoms with Crippen molar-refractivity contribution < 1.29 is 19.4 Å². The molecule has 0 aromatic heterocycles. The molecule has 1 N–H and O–H groups in total. The largest absolute Gasteiger partial charge is 0.489 e. The Labute approximate surface area is 215 Å². The zero-order valence-electron chi connectivity index (χ0n) is 18.3. The van der Waals surface area contributed by atoms with Gasteiger partial charge in [0.15, 0.2) is 5.17 Å². The Morgan fingerprint density at radius 2 is 1.74 bits per heavy atom. The molecule has 0 unspecified atom stereocenters. The lowest BCUT2D eigenvalue weighted by molar-refractivity contribution is -0.122. The van der Waals surface area contributed by atoms with Gasteiger partial charge in [-0.2, -0.15) is 0 Å². The average Bonchev–Trinajstić information content (AvgIpc) is 3.13. The zero-order valence-corrected chi connectivity index (χ0v) is 21.2. The van der Waals surface area contributed by atoms with Crippen molar-refractivity contribution in [1.29, 1.82) is 0 Å². The van der Waals surface area contributed by atoms with Gasteiger partial charge in [0, 0.05) is 10.1 Å². The number of carbonyl (C=O) groups is 2. The number of benzene rings is 3. The van der Waals surface area contributed by atoms with E-state index in [9.17, 15) is 9.59 Å². The molecule has 172 valence electrons. The number of amidine groups is 1. The monoisotopic (exact) mass is 584 g/mol. The van der Waals surface area contributed by atoms with Gasteiger partial charge < -0.3 is 9.84 Å². The molecule has 1 aliphatic rings. The van der Waals surface area contributed by atoms with Crippen LogP contribution in [0.3, 0.4) is 0 Å². The molecule has 34 heavy (non-hydrogen) atoms. The first-order valence-corrected chi connectivity index (χ1v) is 12.4. The van der Waals surface area contributed by atoms with Gasteiger partial charge in [0.05, 0.1) is 16.2 Å². The summed E-state index contributed by atoms with van der Waals surface area (Å²) in [6.45, 7) is 2.87. The lowest BCUT2D eigenvalue weighted by Gasteiger charge is -2.12. The molecule has 6 nitrogen and oxygen atoms in total. The Balaban J connectivity index is 1.46. The molecule has 3 aromatic carbocycles. The number of ether oxygens (including phenoxy) is 1. The number of carbonyl (C=O) groups excluding carboxylic acids is 1. The van der Waals surface area contributed by atoms with Crippen LogP contribution in [0, 0.1) is 3.57 Å². The van der Waals surface area contributed by atoms with Crippen molar-refractivity contribution >= 4 is 63.2 Å². The first kappa shape index (κ1) is 24.0. The number of likely N-dealkylation sites (N-methyl/N-ethyl adjacent to an activating group) is 1. The molecule has 0 bridgehead atoms. The standard InChI is InChI=1S/C26H21IN2O4S/c1-2-29-24(30)23(34-26(29)28-21-11-7-19(8-12-21)25(31)32)15-17-5-13-22(14-6-17)33-16-18-3-9-20(27)10-4-18/h3-15H,2,16H2,1H3,(H,31,32)/b23-15-,28-26?. The third-order valence-electron chi connectivity index (χ3n) is 5.04. The maximum atomic E-state index is 12.9. The Hall–Kier alpha value is -3.11. The third-order valence-corrected chi connectivity index (χ3v) is 6.77. The highest BCUT2D eigenvalue weighted by Gasteiger charge is 2.32. The number of aromatic carboxylic acids is 1. The minimum Gasteiger partial charge on any atom is -0.489 e. The van der Waals surface area contributed by atoms with E-state index in [1.54, 1.807) is 17.0 Å². The highest BCUT2D eigenvalue weighted by Crippen LogP contribution is 2.34. The summed E-state index contributed by atoms with van der Waals surface area (Å²) in [6, 6.07) is 22.1. The van der Waals surface area contributed by atoms with Crippen LogP contribution in [-0.4, -0.2) is 33.6 Å². The molecule has 0 radical (unpaired) electrons. The van der Waals surface area contributed by atoms with Gasteiger partial charge in [0.1, 0.15) is 12.4 Å². The summed E-state index contributed by atoms with van der Waals surface area (Å²) in [5.74, 6) is -0.336. The Kier molecular flexibility index (Phi) is 7.69. The first-order valence-electron chi connectivity index (χ1n) is 10.5. The number of amides is 1. The number of halogens is 1. The van der Waals surface area contributed by atoms with Gasteiger partial charge in [0.25, 0.3) is 5.91 Å². The Bertz CT molecular complexity index is 1250. The number of rotatable bonds is 7. The van der Waals surface area contributed by atoms with Crippen LogP contribution < -0.4 is 4.74 Å². The van der Waals surface area contributed by atoms with Crippen molar-refractivity contribution in [1.82, 2.24) is 4.90 Å². The van der Waals surface area contributed by atoms with Crippen molar-refractivity contribution in [2.75, 3.05) is 6.54 Å². The summed E-state index contributed by atoms with van der Waals surface area (Å²) in [5.41, 5.74) is 2.77. The molecule has 1 fully saturated rings. The molecule has 1 heterocycles. The maximum absolute atomic E-state index is 12.9. The summed E-state index contributed by atoms with van der Waals surface area (Å²) in [5, 5.41) is 9.62. The Morgan fingerprint density at radius 1 is 1.06 bits per heavy atom. The number of hydrogen-bond acceptors (Lipinski definition) is 5. The lowest BCUT2D eigenvalue weighted by atomic mass is 10.2. The molecular weight excluding hydrogens is 563 g/mol. The predicted octanol–water partition coefficient (Wildman–Crippen LogP) is 6.19. The van der Waals surface area contributed by atoms with Gasteiger partial charge in [-0.05, 0) is 107 Å². The van der Waals surface area contributed by atoms with E-state index in [2.05, 4.69) is 27.6 Å². The molecule has 1 amide bonds. The molecular formula is C26H21IN2O4S. The van der Waals surface area contributed by atoms with Crippen molar-refractivity contribution in [2.24, 2.45) is 4.99 Å². The second-order valence-corrected chi connectivity index (χ2v) is 9.65. The van der Waals surface area contributed by atoms with Crippen LogP contribution in [-0.2, 0) is 11.4 Å². The zero-order chi connectivity index (χ0) is 24.1. The fourth-order valence-electron chi connectivity index (χ4n) is 3.22. The summed E-state index contributed by atoms with van der Waals surface area (Å²) in [6.07, 6.45) is 1.84. The van der Waals surface area contributed by atoms with Crippen molar-refractivity contribution in [3.05, 3.63) is 98.0 Å². The van der Waals surface area contributed by atoms with Crippen LogP contribution in [0.1, 0.15) is 28.4 Å². The van der Waals surface area contributed by atoms with E-state index in [-0.39, 0.29) is 11.5 Å². The van der Waals surface area contributed by atoms with Gasteiger partial charge >= 0.3 is 5.97 Å². The normalized spacial score (nSPS) is 15.8. The van der Waals surface area contributed by atoms with Crippen LogP contribution in [0.25, 0.3) is 6.08 Å².